The van der Waals surface area contributed by atoms with Gasteiger partial charge in [0.05, 0.1) is 23.0 Å². The zero-order chi connectivity index (χ0) is 23.5. The molecule has 0 aliphatic heterocycles. The van der Waals surface area contributed by atoms with Crippen molar-refractivity contribution in [1.82, 2.24) is 15.0 Å². The number of imidazole rings is 1. The topological polar surface area (TPSA) is 113 Å². The van der Waals surface area contributed by atoms with E-state index >= 15 is 0 Å². The van der Waals surface area contributed by atoms with E-state index in [0.717, 1.165) is 28.1 Å². The summed E-state index contributed by atoms with van der Waals surface area (Å²) in [6.07, 6.45) is 2.18. The number of H-pyrrole nitrogens is 1. The second-order valence-electron chi connectivity index (χ2n) is 7.81. The van der Waals surface area contributed by atoms with Gasteiger partial charge >= 0.3 is 0 Å². The van der Waals surface area contributed by atoms with Crippen LogP contribution >= 0.6 is 11.3 Å². The van der Waals surface area contributed by atoms with E-state index in [0.29, 0.717) is 17.2 Å². The Labute approximate surface area is 199 Å². The van der Waals surface area contributed by atoms with E-state index in [2.05, 4.69) is 31.7 Å². The van der Waals surface area contributed by atoms with Crippen molar-refractivity contribution in [2.75, 3.05) is 10.6 Å². The molecule has 0 bridgehead atoms. The minimum atomic E-state index is -0.357. The number of carbonyl (C=O) groups excluding carboxylic acids is 2. The van der Waals surface area contributed by atoms with E-state index in [9.17, 15) is 9.59 Å². The van der Waals surface area contributed by atoms with Gasteiger partial charge in [-0.2, -0.15) is 0 Å². The van der Waals surface area contributed by atoms with Gasteiger partial charge < -0.3 is 14.7 Å². The van der Waals surface area contributed by atoms with Crippen molar-refractivity contribution in [2.45, 2.75) is 19.8 Å². The van der Waals surface area contributed by atoms with E-state index in [1.807, 2.05) is 48.7 Å². The number of nitrogens with one attached hydrogen (secondary N) is 3. The van der Waals surface area contributed by atoms with Crippen LogP contribution in [0.4, 0.5) is 10.8 Å². The van der Waals surface area contributed by atoms with Gasteiger partial charge in [0.2, 0.25) is 5.91 Å². The molecule has 3 aromatic heterocycles. The predicted octanol–water partition coefficient (Wildman–Crippen LogP) is 5.41. The summed E-state index contributed by atoms with van der Waals surface area (Å²) in [5.41, 5.74) is 5.49. The Bertz CT molecular complexity index is 1450. The molecule has 3 heterocycles. The zero-order valence-corrected chi connectivity index (χ0v) is 19.1. The van der Waals surface area contributed by atoms with Gasteiger partial charge in [0.1, 0.15) is 5.82 Å². The average Bonchev–Trinajstić information content (AvgIpc) is 3.59. The first-order valence-corrected chi connectivity index (χ1v) is 11.6. The van der Waals surface area contributed by atoms with E-state index in [1.54, 1.807) is 12.1 Å². The first-order chi connectivity index (χ1) is 16.5. The third-order valence-corrected chi connectivity index (χ3v) is 6.01. The maximum Gasteiger partial charge on any atom is 0.293 e. The van der Waals surface area contributed by atoms with Crippen molar-refractivity contribution in [1.29, 1.82) is 0 Å². The van der Waals surface area contributed by atoms with Crippen molar-refractivity contribution < 1.29 is 14.0 Å². The van der Waals surface area contributed by atoms with E-state index in [4.69, 9.17) is 4.42 Å². The molecule has 0 fully saturated rings. The molecule has 5 rings (SSSR count). The van der Waals surface area contributed by atoms with Crippen LogP contribution in [0.5, 0.6) is 0 Å². The third kappa shape index (κ3) is 4.89. The number of hydrogen-bond donors (Lipinski definition) is 3. The molecule has 3 N–H and O–H groups in total. The maximum absolute atomic E-state index is 12.4. The number of nitrogens with zero attached hydrogens (tertiary/aromatic N) is 2. The van der Waals surface area contributed by atoms with Gasteiger partial charge in [-0.25, -0.2) is 9.97 Å². The number of aromatic nitrogens is 3. The SMILES string of the molecule is Cc1ccc2nc(-c3ccc(NC(=O)CCc4csc(NC(=O)c5ccco5)n4)cc3)[nH]c2c1. The molecular formula is C25H21N5O3S. The summed E-state index contributed by atoms with van der Waals surface area (Å²) in [4.78, 5) is 36.7. The van der Waals surface area contributed by atoms with E-state index in [-0.39, 0.29) is 24.0 Å². The Balaban J connectivity index is 1.14. The molecule has 0 aliphatic rings. The number of hydrogen-bond acceptors (Lipinski definition) is 6. The van der Waals surface area contributed by atoms with Crippen LogP contribution in [0.25, 0.3) is 22.4 Å². The maximum atomic E-state index is 12.4. The fourth-order valence-electron chi connectivity index (χ4n) is 3.48. The largest absolute Gasteiger partial charge is 0.459 e. The molecule has 2 aromatic carbocycles. The normalized spacial score (nSPS) is 11.0. The summed E-state index contributed by atoms with van der Waals surface area (Å²) < 4.78 is 5.07. The highest BCUT2D eigenvalue weighted by Crippen LogP contribution is 2.23. The van der Waals surface area contributed by atoms with Crippen LogP contribution in [-0.2, 0) is 11.2 Å². The van der Waals surface area contributed by atoms with Crippen molar-refractivity contribution in [3.05, 3.63) is 83.3 Å². The smallest absolute Gasteiger partial charge is 0.293 e. The first-order valence-electron chi connectivity index (χ1n) is 10.7. The number of anilines is 2. The fourth-order valence-corrected chi connectivity index (χ4v) is 4.22. The van der Waals surface area contributed by atoms with Crippen LogP contribution in [0.2, 0.25) is 0 Å². The van der Waals surface area contributed by atoms with Crippen molar-refractivity contribution in [3.63, 3.8) is 0 Å². The van der Waals surface area contributed by atoms with Crippen molar-refractivity contribution in [3.8, 4) is 11.4 Å². The number of aryl methyl sites for hydroxylation is 2. The molecule has 9 heteroatoms. The summed E-state index contributed by atoms with van der Waals surface area (Å²) in [5, 5.41) is 7.89. The lowest BCUT2D eigenvalue weighted by molar-refractivity contribution is -0.116. The number of carbonyl (C=O) groups is 2. The lowest BCUT2D eigenvalue weighted by Crippen LogP contribution is -2.12. The molecular weight excluding hydrogens is 450 g/mol. The molecule has 34 heavy (non-hydrogen) atoms. The van der Waals surface area contributed by atoms with Gasteiger partial charge in [-0.1, -0.05) is 6.07 Å². The molecule has 170 valence electrons. The summed E-state index contributed by atoms with van der Waals surface area (Å²) in [6, 6.07) is 16.9. The minimum absolute atomic E-state index is 0.110. The second-order valence-corrected chi connectivity index (χ2v) is 8.67. The number of thiazole rings is 1. The molecule has 5 aromatic rings. The van der Waals surface area contributed by atoms with Crippen LogP contribution < -0.4 is 10.6 Å². The molecule has 2 amide bonds. The van der Waals surface area contributed by atoms with E-state index < -0.39 is 0 Å². The number of benzene rings is 2. The monoisotopic (exact) mass is 471 g/mol. The Morgan fingerprint density at radius 3 is 2.71 bits per heavy atom. The summed E-state index contributed by atoms with van der Waals surface area (Å²) in [7, 11) is 0. The highest BCUT2D eigenvalue weighted by atomic mass is 32.1. The Hall–Kier alpha value is -4.24. The summed E-state index contributed by atoms with van der Waals surface area (Å²) >= 11 is 1.31. The molecule has 0 aliphatic carbocycles. The lowest BCUT2D eigenvalue weighted by Gasteiger charge is -2.05. The van der Waals surface area contributed by atoms with Crippen LogP contribution in [0.1, 0.15) is 28.2 Å². The van der Waals surface area contributed by atoms with Gasteiger partial charge in [0.15, 0.2) is 10.9 Å². The fraction of sp³-hybridized carbons (Fsp3) is 0.120. The minimum Gasteiger partial charge on any atom is -0.459 e. The molecule has 0 atom stereocenters. The Kier molecular flexibility index (Phi) is 5.92. The number of fused-ring (bicyclic) bond motifs is 1. The number of aromatic amines is 1. The van der Waals surface area contributed by atoms with Crippen molar-refractivity contribution in [2.24, 2.45) is 0 Å². The highest BCUT2D eigenvalue weighted by Gasteiger charge is 2.12. The van der Waals surface area contributed by atoms with Gasteiger partial charge in [-0.3, -0.25) is 14.9 Å². The van der Waals surface area contributed by atoms with Crippen LogP contribution in [0, 0.1) is 6.92 Å². The van der Waals surface area contributed by atoms with Crippen LogP contribution in [0.3, 0.4) is 0 Å². The molecule has 0 spiro atoms. The summed E-state index contributed by atoms with van der Waals surface area (Å²) in [5.74, 6) is 0.542. The molecule has 0 saturated heterocycles. The zero-order valence-electron chi connectivity index (χ0n) is 18.3. The molecule has 0 saturated carbocycles. The van der Waals surface area contributed by atoms with Crippen molar-refractivity contribution >= 4 is 45.0 Å². The predicted molar refractivity (Wildman–Crippen MR) is 132 cm³/mol. The average molecular weight is 472 g/mol. The second kappa shape index (κ2) is 9.32. The third-order valence-electron chi connectivity index (χ3n) is 5.20. The Morgan fingerprint density at radius 1 is 1.06 bits per heavy atom. The number of furan rings is 1. The van der Waals surface area contributed by atoms with Gasteiger partial charge in [-0.15, -0.1) is 11.3 Å². The molecule has 0 unspecified atom stereocenters. The van der Waals surface area contributed by atoms with E-state index in [1.165, 1.54) is 23.2 Å². The first kappa shape index (κ1) is 21.6. The number of amides is 2. The lowest BCUT2D eigenvalue weighted by atomic mass is 10.2. The number of rotatable bonds is 7. The van der Waals surface area contributed by atoms with Gasteiger partial charge in [0.25, 0.3) is 5.91 Å². The quantitative estimate of drug-likeness (QED) is 0.294. The summed E-state index contributed by atoms with van der Waals surface area (Å²) in [6.45, 7) is 2.05. The van der Waals surface area contributed by atoms with Gasteiger partial charge in [0, 0.05) is 23.1 Å². The molecule has 8 nitrogen and oxygen atoms in total. The van der Waals surface area contributed by atoms with Crippen LogP contribution in [-0.4, -0.2) is 26.8 Å². The highest BCUT2D eigenvalue weighted by molar-refractivity contribution is 7.14. The Morgan fingerprint density at radius 2 is 1.91 bits per heavy atom. The molecule has 0 radical (unpaired) electrons. The van der Waals surface area contributed by atoms with Crippen LogP contribution in [0.15, 0.2) is 70.7 Å². The standard InChI is InChI=1S/C25H21N5O3S/c1-15-4-10-19-20(13-15)29-23(28-19)16-5-7-17(8-6-16)26-22(31)11-9-18-14-34-25(27-18)30-24(32)21-3-2-12-33-21/h2-8,10,12-14H,9,11H2,1H3,(H,26,31)(H,28,29)(H,27,30,32). The van der Waals surface area contributed by atoms with Gasteiger partial charge in [-0.05, 0) is 67.4 Å².